The number of benzene rings is 2. The molecule has 1 atom stereocenters. The van der Waals surface area contributed by atoms with Gasteiger partial charge in [0.1, 0.15) is 23.6 Å². The summed E-state index contributed by atoms with van der Waals surface area (Å²) in [6.45, 7) is 10.7. The number of carbonyl (C=O) groups excluding carboxylic acids is 1. The number of nitrogens with one attached hydrogen (secondary N) is 2. The van der Waals surface area contributed by atoms with Gasteiger partial charge in [0.15, 0.2) is 5.82 Å². The van der Waals surface area contributed by atoms with E-state index in [4.69, 9.17) is 25.9 Å². The molecule has 13 heteroatoms. The van der Waals surface area contributed by atoms with Gasteiger partial charge in [-0.05, 0) is 62.3 Å². The lowest BCUT2D eigenvalue weighted by atomic mass is 10.0. The number of hydroxylamine groups is 1. The smallest absolute Gasteiger partial charge is 0.247 e. The first kappa shape index (κ1) is 34.4. The van der Waals surface area contributed by atoms with E-state index in [9.17, 15) is 4.79 Å². The third-order valence-electron chi connectivity index (χ3n) is 10.4. The second kappa shape index (κ2) is 15.4. The van der Waals surface area contributed by atoms with Crippen molar-refractivity contribution in [2.24, 2.45) is 0 Å². The van der Waals surface area contributed by atoms with Crippen LogP contribution < -0.4 is 30.1 Å². The fourth-order valence-electron chi connectivity index (χ4n) is 7.58. The van der Waals surface area contributed by atoms with Gasteiger partial charge in [-0.1, -0.05) is 30.3 Å². The number of hydrogen-bond donors (Lipinski definition) is 2. The lowest BCUT2D eigenvalue weighted by Crippen LogP contribution is -2.53. The van der Waals surface area contributed by atoms with E-state index in [1.165, 1.54) is 38.3 Å². The van der Waals surface area contributed by atoms with Gasteiger partial charge in [0.25, 0.3) is 0 Å². The molecule has 2 aromatic carbocycles. The number of ether oxygens (including phenoxy) is 2. The summed E-state index contributed by atoms with van der Waals surface area (Å²) in [5.74, 6) is 2.22. The normalized spacial score (nSPS) is 20.5. The van der Waals surface area contributed by atoms with Crippen LogP contribution in [0.5, 0.6) is 11.5 Å². The van der Waals surface area contributed by atoms with E-state index in [-0.39, 0.29) is 11.9 Å². The minimum atomic E-state index is -0.274. The molecule has 3 aliphatic heterocycles. The average molecular weight is 703 g/mol. The SMILES string of the molecule is C=CC(=O)Nc1cc(Nc2cc(N3OCC[C@@H]3Cc3cccc(Cl)c3OC)ncn2)c(OC)cc1N1CCC(N2CCN(C3CC3)CC2)CC1. The lowest BCUT2D eigenvalue weighted by molar-refractivity contribution is -0.111. The van der Waals surface area contributed by atoms with Crippen LogP contribution in [0.2, 0.25) is 5.02 Å². The van der Waals surface area contributed by atoms with Gasteiger partial charge in [0, 0.05) is 63.5 Å². The third-order valence-corrected chi connectivity index (χ3v) is 10.7. The number of nitrogens with zero attached hydrogens (tertiary/aromatic N) is 6. The third kappa shape index (κ3) is 7.63. The summed E-state index contributed by atoms with van der Waals surface area (Å²) in [7, 11) is 3.28. The number of piperidine rings is 1. The van der Waals surface area contributed by atoms with E-state index >= 15 is 0 Å². The Bertz CT molecular complexity index is 1670. The second-order valence-corrected chi connectivity index (χ2v) is 13.8. The predicted molar refractivity (Wildman–Crippen MR) is 197 cm³/mol. The first-order chi connectivity index (χ1) is 24.4. The van der Waals surface area contributed by atoms with Crippen LogP contribution in [0.3, 0.4) is 0 Å². The number of hydrogen-bond acceptors (Lipinski definition) is 11. The standard InChI is InChI=1S/C37H47ClN8O4/c1-4-36(47)42-30-21-31(33(48-2)22-32(30)45-13-10-27(11-14-45)44-17-15-43(16-18-44)26-8-9-26)41-34-23-35(40-24-39-34)46-28(12-19-50-46)20-25-6-5-7-29(38)37(25)49-3/h4-7,21-24,26-28H,1,8-20H2,2-3H3,(H,42,47)(H,39,40,41)/t28-/m1/s1. The molecule has 3 aromatic rings. The van der Waals surface area contributed by atoms with Crippen molar-refractivity contribution >= 4 is 46.2 Å². The Hall–Kier alpha value is -4.10. The van der Waals surface area contributed by atoms with Crippen molar-refractivity contribution in [1.29, 1.82) is 0 Å². The van der Waals surface area contributed by atoms with Gasteiger partial charge >= 0.3 is 0 Å². The zero-order valence-electron chi connectivity index (χ0n) is 28.9. The maximum Gasteiger partial charge on any atom is 0.247 e. The molecule has 0 bridgehead atoms. The Morgan fingerprint density at radius 3 is 2.38 bits per heavy atom. The number of amides is 1. The molecule has 1 amide bonds. The molecular formula is C37H47ClN8O4. The molecule has 0 radical (unpaired) electrons. The highest BCUT2D eigenvalue weighted by atomic mass is 35.5. The highest BCUT2D eigenvalue weighted by molar-refractivity contribution is 6.32. The van der Waals surface area contributed by atoms with Crippen LogP contribution in [0.4, 0.5) is 28.7 Å². The van der Waals surface area contributed by atoms with Crippen molar-refractivity contribution < 1.29 is 19.1 Å². The van der Waals surface area contributed by atoms with Crippen molar-refractivity contribution in [2.45, 2.75) is 56.7 Å². The molecule has 4 fully saturated rings. The summed E-state index contributed by atoms with van der Waals surface area (Å²) < 4.78 is 11.5. The van der Waals surface area contributed by atoms with Crippen molar-refractivity contribution in [1.82, 2.24) is 19.8 Å². The number of anilines is 5. The van der Waals surface area contributed by atoms with Crippen LogP contribution >= 0.6 is 11.6 Å². The van der Waals surface area contributed by atoms with Gasteiger partial charge in [-0.15, -0.1) is 0 Å². The van der Waals surface area contributed by atoms with Crippen molar-refractivity contribution in [2.75, 3.05) is 80.7 Å². The molecule has 1 saturated carbocycles. The number of halogens is 1. The Kier molecular flexibility index (Phi) is 10.6. The Labute approximate surface area is 299 Å². The number of piperazine rings is 1. The molecule has 4 aliphatic rings. The topological polar surface area (TPSA) is 108 Å². The van der Waals surface area contributed by atoms with E-state index in [0.29, 0.717) is 58.6 Å². The molecule has 266 valence electrons. The first-order valence-electron chi connectivity index (χ1n) is 17.6. The summed E-state index contributed by atoms with van der Waals surface area (Å²) >= 11 is 6.40. The molecule has 12 nitrogen and oxygen atoms in total. The lowest BCUT2D eigenvalue weighted by Gasteiger charge is -2.43. The van der Waals surface area contributed by atoms with Crippen molar-refractivity contribution in [3.05, 3.63) is 66.0 Å². The van der Waals surface area contributed by atoms with Gasteiger partial charge < -0.3 is 25.0 Å². The summed E-state index contributed by atoms with van der Waals surface area (Å²) in [4.78, 5) is 35.4. The molecule has 1 aliphatic carbocycles. The Morgan fingerprint density at radius 1 is 0.960 bits per heavy atom. The molecular weight excluding hydrogens is 656 g/mol. The van der Waals surface area contributed by atoms with Crippen LogP contribution in [0.25, 0.3) is 0 Å². The number of para-hydroxylation sites is 1. The maximum atomic E-state index is 12.6. The molecule has 4 heterocycles. The average Bonchev–Trinajstić information content (AvgIpc) is 3.90. The summed E-state index contributed by atoms with van der Waals surface area (Å²) in [5, 5.41) is 8.85. The number of carbonyl (C=O) groups is 1. The van der Waals surface area contributed by atoms with E-state index < -0.39 is 0 Å². The van der Waals surface area contributed by atoms with E-state index in [1.54, 1.807) is 14.2 Å². The van der Waals surface area contributed by atoms with Crippen molar-refractivity contribution in [3.8, 4) is 11.5 Å². The second-order valence-electron chi connectivity index (χ2n) is 13.4. The zero-order chi connectivity index (χ0) is 34.6. The molecule has 3 saturated heterocycles. The van der Waals surface area contributed by atoms with Gasteiger partial charge in [0.2, 0.25) is 5.91 Å². The Balaban J connectivity index is 1.07. The highest BCUT2D eigenvalue weighted by Gasteiger charge is 2.34. The van der Waals surface area contributed by atoms with E-state index in [0.717, 1.165) is 62.7 Å². The number of rotatable bonds is 12. The summed E-state index contributed by atoms with van der Waals surface area (Å²) in [6.07, 6.45) is 9.19. The summed E-state index contributed by atoms with van der Waals surface area (Å²) in [6, 6.07) is 13.0. The number of methoxy groups -OCH3 is 2. The molecule has 0 spiro atoms. The molecule has 1 aromatic heterocycles. The molecule has 50 heavy (non-hydrogen) atoms. The number of aromatic nitrogens is 2. The quantitative estimate of drug-likeness (QED) is 0.233. The summed E-state index contributed by atoms with van der Waals surface area (Å²) in [5.41, 5.74) is 3.27. The monoisotopic (exact) mass is 702 g/mol. The van der Waals surface area contributed by atoms with E-state index in [1.807, 2.05) is 41.5 Å². The van der Waals surface area contributed by atoms with Gasteiger partial charge in [0.05, 0.1) is 49.0 Å². The highest BCUT2D eigenvalue weighted by Crippen LogP contribution is 2.40. The van der Waals surface area contributed by atoms with Crippen LogP contribution in [0.15, 0.2) is 55.4 Å². The molecule has 2 N–H and O–H groups in total. The fourth-order valence-corrected chi connectivity index (χ4v) is 7.85. The van der Waals surface area contributed by atoms with Crippen LogP contribution in [0.1, 0.15) is 37.7 Å². The van der Waals surface area contributed by atoms with Crippen LogP contribution in [-0.2, 0) is 16.1 Å². The predicted octanol–water partition coefficient (Wildman–Crippen LogP) is 5.52. The largest absolute Gasteiger partial charge is 0.495 e. The maximum absolute atomic E-state index is 12.6. The Morgan fingerprint density at radius 2 is 1.70 bits per heavy atom. The molecule has 0 unspecified atom stereocenters. The minimum absolute atomic E-state index is 0.0242. The van der Waals surface area contributed by atoms with E-state index in [2.05, 4.69) is 41.9 Å². The zero-order valence-corrected chi connectivity index (χ0v) is 29.7. The van der Waals surface area contributed by atoms with Crippen LogP contribution in [0, 0.1) is 0 Å². The van der Waals surface area contributed by atoms with Gasteiger partial charge in [-0.3, -0.25) is 19.4 Å². The van der Waals surface area contributed by atoms with Crippen LogP contribution in [-0.4, -0.2) is 104 Å². The van der Waals surface area contributed by atoms with Crippen molar-refractivity contribution in [3.63, 3.8) is 0 Å². The fraction of sp³-hybridized carbons (Fsp3) is 0.486. The molecule has 7 rings (SSSR count). The van der Waals surface area contributed by atoms with Gasteiger partial charge in [-0.25, -0.2) is 15.0 Å². The van der Waals surface area contributed by atoms with Gasteiger partial charge in [-0.2, -0.15) is 0 Å². The first-order valence-corrected chi connectivity index (χ1v) is 18.0. The minimum Gasteiger partial charge on any atom is -0.495 e.